The first kappa shape index (κ1) is 28.2. The fraction of sp³-hybridized carbons (Fsp3) is 0.300. The summed E-state index contributed by atoms with van der Waals surface area (Å²) >= 11 is 0. The zero-order valence-corrected chi connectivity index (χ0v) is 21.5. The van der Waals surface area contributed by atoms with Gasteiger partial charge in [-0.15, -0.1) is 0 Å². The van der Waals surface area contributed by atoms with Crippen molar-refractivity contribution in [3.63, 3.8) is 0 Å². The van der Waals surface area contributed by atoms with Crippen LogP contribution in [-0.2, 0) is 19.0 Å². The van der Waals surface area contributed by atoms with Gasteiger partial charge in [-0.3, -0.25) is 0 Å². The van der Waals surface area contributed by atoms with Crippen LogP contribution in [0.4, 0.5) is 0 Å². The van der Waals surface area contributed by atoms with Crippen molar-refractivity contribution in [2.75, 3.05) is 20.3 Å². The van der Waals surface area contributed by atoms with Gasteiger partial charge in [0.1, 0.15) is 23.0 Å². The van der Waals surface area contributed by atoms with Gasteiger partial charge in [-0.25, -0.2) is 14.4 Å². The summed E-state index contributed by atoms with van der Waals surface area (Å²) in [6.07, 6.45) is 8.89. The highest BCUT2D eigenvalue weighted by Gasteiger charge is 2.17. The fourth-order valence-electron chi connectivity index (χ4n) is 3.52. The molecule has 0 radical (unpaired) electrons. The van der Waals surface area contributed by atoms with E-state index in [1.165, 1.54) is 0 Å². The zero-order chi connectivity index (χ0) is 27.2. The van der Waals surface area contributed by atoms with Gasteiger partial charge < -0.3 is 23.7 Å². The van der Waals surface area contributed by atoms with Crippen LogP contribution in [0.15, 0.2) is 84.9 Å². The van der Waals surface area contributed by atoms with Crippen molar-refractivity contribution in [1.82, 2.24) is 0 Å². The quantitative estimate of drug-likeness (QED) is 0.131. The Bertz CT molecular complexity index is 1160. The first-order chi connectivity index (χ1) is 18.5. The largest absolute Gasteiger partial charge is 0.497 e. The first-order valence-corrected chi connectivity index (χ1v) is 12.5. The second-order valence-corrected chi connectivity index (χ2v) is 8.43. The summed E-state index contributed by atoms with van der Waals surface area (Å²) in [4.78, 5) is 35.8. The van der Waals surface area contributed by atoms with E-state index in [2.05, 4.69) is 6.58 Å². The Hall–Kier alpha value is -4.33. The van der Waals surface area contributed by atoms with E-state index < -0.39 is 17.9 Å². The van der Waals surface area contributed by atoms with E-state index in [-0.39, 0.29) is 0 Å². The van der Waals surface area contributed by atoms with E-state index in [1.807, 2.05) is 0 Å². The second kappa shape index (κ2) is 15.0. The number of allylic oxidation sites excluding steroid dienone is 4. The van der Waals surface area contributed by atoms with Crippen molar-refractivity contribution >= 4 is 17.9 Å². The minimum Gasteiger partial charge on any atom is -0.497 e. The number of unbranched alkanes of at least 4 members (excludes halogenated alkanes) is 3. The third-order valence-electron chi connectivity index (χ3n) is 5.65. The molecule has 0 N–H and O–H groups in total. The molecule has 200 valence electrons. The average molecular weight is 521 g/mol. The first-order valence-electron chi connectivity index (χ1n) is 12.5. The lowest BCUT2D eigenvalue weighted by Gasteiger charge is -2.15. The molecule has 2 aromatic rings. The summed E-state index contributed by atoms with van der Waals surface area (Å²) in [7, 11) is 1.56. The summed E-state index contributed by atoms with van der Waals surface area (Å²) in [6.45, 7) is 4.31. The Balaban J connectivity index is 1.37. The van der Waals surface area contributed by atoms with Gasteiger partial charge in [0.05, 0.1) is 31.5 Å². The molecule has 0 amide bonds. The predicted octanol–water partition coefficient (Wildman–Crippen LogP) is 5.94. The normalized spacial score (nSPS) is 12.4. The van der Waals surface area contributed by atoms with Gasteiger partial charge in [-0.1, -0.05) is 6.58 Å². The van der Waals surface area contributed by atoms with Crippen LogP contribution < -0.4 is 9.47 Å². The molecule has 0 aromatic heterocycles. The Kier molecular flexibility index (Phi) is 11.2. The molecular weight excluding hydrogens is 488 g/mol. The van der Waals surface area contributed by atoms with Crippen LogP contribution in [-0.4, -0.2) is 38.2 Å². The number of benzene rings is 2. The lowest BCUT2D eigenvalue weighted by atomic mass is 10.1. The maximum absolute atomic E-state index is 12.5. The second-order valence-electron chi connectivity index (χ2n) is 8.43. The minimum absolute atomic E-state index is 0.397. The maximum Gasteiger partial charge on any atom is 0.343 e. The van der Waals surface area contributed by atoms with E-state index >= 15 is 0 Å². The van der Waals surface area contributed by atoms with Crippen molar-refractivity contribution in [2.45, 2.75) is 38.5 Å². The number of esters is 3. The molecule has 0 saturated carbocycles. The highest BCUT2D eigenvalue weighted by Crippen LogP contribution is 2.23. The van der Waals surface area contributed by atoms with Crippen molar-refractivity contribution < 1.29 is 38.1 Å². The standard InChI is InChI=1S/C30H32O8/c1-3-28(31)36-21-7-5-4-6-20-35-25-14-10-23(11-15-25)30(33)38-27-18-16-26(17-19-27)37-29(32)22-8-12-24(34-2)13-9-22/h3,8-16,18H,1,4-7,17,19-21H2,2H3. The zero-order valence-electron chi connectivity index (χ0n) is 21.5. The van der Waals surface area contributed by atoms with Gasteiger partial charge in [-0.05, 0) is 86.4 Å². The fourth-order valence-corrected chi connectivity index (χ4v) is 3.52. The van der Waals surface area contributed by atoms with E-state index in [4.69, 9.17) is 23.7 Å². The minimum atomic E-state index is -0.466. The van der Waals surface area contributed by atoms with Crippen LogP contribution in [0.25, 0.3) is 0 Å². The van der Waals surface area contributed by atoms with Crippen molar-refractivity contribution in [3.05, 3.63) is 96.0 Å². The molecule has 0 fully saturated rings. The van der Waals surface area contributed by atoms with Gasteiger partial charge in [0.15, 0.2) is 0 Å². The van der Waals surface area contributed by atoms with Crippen LogP contribution in [0, 0.1) is 0 Å². The summed E-state index contributed by atoms with van der Waals surface area (Å²) in [5.74, 6) is 1.01. The number of rotatable bonds is 14. The smallest absolute Gasteiger partial charge is 0.343 e. The molecule has 0 spiro atoms. The molecule has 1 aliphatic carbocycles. The van der Waals surface area contributed by atoms with Gasteiger partial charge in [-0.2, -0.15) is 0 Å². The molecule has 8 nitrogen and oxygen atoms in total. The number of ether oxygens (including phenoxy) is 5. The molecule has 0 aliphatic heterocycles. The van der Waals surface area contributed by atoms with Crippen LogP contribution in [0.5, 0.6) is 11.5 Å². The topological polar surface area (TPSA) is 97.4 Å². The molecule has 0 bridgehead atoms. The van der Waals surface area contributed by atoms with Gasteiger partial charge >= 0.3 is 17.9 Å². The Morgan fingerprint density at radius 2 is 1.24 bits per heavy atom. The predicted molar refractivity (Wildman–Crippen MR) is 141 cm³/mol. The summed E-state index contributed by atoms with van der Waals surface area (Å²) in [5.41, 5.74) is 0.831. The molecule has 0 unspecified atom stereocenters. The van der Waals surface area contributed by atoms with E-state index in [9.17, 15) is 14.4 Å². The summed E-state index contributed by atoms with van der Waals surface area (Å²) in [5, 5.41) is 0. The van der Waals surface area contributed by atoms with Crippen LogP contribution in [0.3, 0.4) is 0 Å². The van der Waals surface area contributed by atoms with Gasteiger partial charge in [0.2, 0.25) is 0 Å². The number of hydrogen-bond acceptors (Lipinski definition) is 8. The third-order valence-corrected chi connectivity index (χ3v) is 5.65. The Morgan fingerprint density at radius 3 is 1.71 bits per heavy atom. The highest BCUT2D eigenvalue weighted by atomic mass is 16.5. The SMILES string of the molecule is C=CC(=O)OCCCCCCOc1ccc(C(=O)OC2=CC=C(OC(=O)c3ccc(OC)cc3)CC2)cc1. The van der Waals surface area contributed by atoms with Gasteiger partial charge in [0.25, 0.3) is 0 Å². The van der Waals surface area contributed by atoms with E-state index in [1.54, 1.807) is 67.8 Å². The molecule has 0 atom stereocenters. The number of methoxy groups -OCH3 is 1. The van der Waals surface area contributed by atoms with Gasteiger partial charge in [0, 0.05) is 18.9 Å². The van der Waals surface area contributed by atoms with E-state index in [0.717, 1.165) is 31.8 Å². The monoisotopic (exact) mass is 520 g/mol. The van der Waals surface area contributed by atoms with Crippen molar-refractivity contribution in [1.29, 1.82) is 0 Å². The Labute approximate surface area is 222 Å². The molecule has 2 aromatic carbocycles. The average Bonchev–Trinajstić information content (AvgIpc) is 2.95. The van der Waals surface area contributed by atoms with Crippen molar-refractivity contribution in [3.8, 4) is 11.5 Å². The summed E-state index contributed by atoms with van der Waals surface area (Å²) in [6, 6.07) is 13.4. The molecule has 3 rings (SSSR count). The Morgan fingerprint density at radius 1 is 0.737 bits per heavy atom. The summed E-state index contributed by atoms with van der Waals surface area (Å²) < 4.78 is 26.7. The van der Waals surface area contributed by atoms with Crippen molar-refractivity contribution in [2.24, 2.45) is 0 Å². The molecule has 0 saturated heterocycles. The molecule has 8 heteroatoms. The van der Waals surface area contributed by atoms with Crippen LogP contribution in [0.1, 0.15) is 59.2 Å². The number of carbonyl (C=O) groups is 3. The van der Waals surface area contributed by atoms with E-state index in [0.29, 0.717) is 60.2 Å². The molecular formula is C30H32O8. The molecule has 1 aliphatic rings. The van der Waals surface area contributed by atoms with Crippen LogP contribution >= 0.6 is 0 Å². The lowest BCUT2D eigenvalue weighted by Crippen LogP contribution is -2.10. The third kappa shape index (κ3) is 9.28. The number of carbonyl (C=O) groups excluding carboxylic acids is 3. The molecule has 0 heterocycles. The highest BCUT2D eigenvalue weighted by molar-refractivity contribution is 5.91. The maximum atomic E-state index is 12.5. The lowest BCUT2D eigenvalue weighted by molar-refractivity contribution is -0.137. The number of hydrogen-bond donors (Lipinski definition) is 0. The molecule has 38 heavy (non-hydrogen) atoms. The van der Waals surface area contributed by atoms with Crippen LogP contribution in [0.2, 0.25) is 0 Å².